The third-order valence-electron chi connectivity index (χ3n) is 1.43. The average molecular weight is 135 g/mol. The van der Waals surface area contributed by atoms with E-state index in [2.05, 4.69) is 13.0 Å². The Morgan fingerprint density at radius 1 is 1.30 bits per heavy atom. The second-order valence-corrected chi connectivity index (χ2v) is 2.21. The summed E-state index contributed by atoms with van der Waals surface area (Å²) in [5, 5.41) is 0. The fourth-order valence-corrected chi connectivity index (χ4v) is 0.846. The lowest BCUT2D eigenvalue weighted by molar-refractivity contribution is 0.292. The van der Waals surface area contributed by atoms with E-state index in [0.717, 1.165) is 5.56 Å². The van der Waals surface area contributed by atoms with Crippen LogP contribution in [0.2, 0.25) is 0 Å². The van der Waals surface area contributed by atoms with Gasteiger partial charge in [-0.2, -0.15) is 0 Å². The highest BCUT2D eigenvalue weighted by Crippen LogP contribution is 2.08. The predicted molar refractivity (Wildman–Crippen MR) is 41.6 cm³/mol. The lowest BCUT2D eigenvalue weighted by Gasteiger charge is -2.00. The smallest absolute Gasteiger partial charge is 0.113 e. The summed E-state index contributed by atoms with van der Waals surface area (Å²) in [6, 6.07) is 8.10. The van der Waals surface area contributed by atoms with Crippen LogP contribution in [0.5, 0.6) is 0 Å². The maximum Gasteiger partial charge on any atom is 0.113 e. The van der Waals surface area contributed by atoms with Crippen molar-refractivity contribution < 1.29 is 4.74 Å². The predicted octanol–water partition coefficient (Wildman–Crippen LogP) is 2.15. The number of benzene rings is 1. The van der Waals surface area contributed by atoms with Crippen LogP contribution in [0, 0.1) is 13.5 Å². The molecule has 0 aliphatic carbocycles. The largest absolute Gasteiger partial charge is 0.374 e. The van der Waals surface area contributed by atoms with Crippen molar-refractivity contribution in [3.63, 3.8) is 0 Å². The Kier molecular flexibility index (Phi) is 2.46. The summed E-state index contributed by atoms with van der Waals surface area (Å²) in [5.74, 6) is 0. The normalized spacial score (nSPS) is 9.80. The van der Waals surface area contributed by atoms with Crippen molar-refractivity contribution in [1.29, 1.82) is 0 Å². The van der Waals surface area contributed by atoms with Crippen molar-refractivity contribution >= 4 is 0 Å². The van der Waals surface area contributed by atoms with Gasteiger partial charge in [-0.05, 0) is 18.1 Å². The maximum absolute atomic E-state index is 4.88. The van der Waals surface area contributed by atoms with E-state index in [0.29, 0.717) is 0 Å². The number of methoxy groups -OCH3 is 1. The van der Waals surface area contributed by atoms with Crippen LogP contribution >= 0.6 is 0 Å². The van der Waals surface area contributed by atoms with Crippen molar-refractivity contribution in [2.24, 2.45) is 0 Å². The third kappa shape index (κ3) is 1.58. The minimum absolute atomic E-state index is 1.14. The van der Waals surface area contributed by atoms with Gasteiger partial charge in [0.05, 0.1) is 0 Å². The van der Waals surface area contributed by atoms with Gasteiger partial charge in [0.15, 0.2) is 0 Å². The summed E-state index contributed by atoms with van der Waals surface area (Å²) in [5.41, 5.74) is 2.38. The quantitative estimate of drug-likeness (QED) is 0.603. The molecule has 0 N–H and O–H groups in total. The first-order valence-electron chi connectivity index (χ1n) is 3.26. The van der Waals surface area contributed by atoms with Crippen LogP contribution in [-0.4, -0.2) is 7.11 Å². The number of hydrogen-bond donors (Lipinski definition) is 0. The molecular weight excluding hydrogens is 124 g/mol. The van der Waals surface area contributed by atoms with E-state index in [1.165, 1.54) is 5.56 Å². The van der Waals surface area contributed by atoms with Gasteiger partial charge in [0.25, 0.3) is 0 Å². The molecule has 53 valence electrons. The molecule has 0 atom stereocenters. The second-order valence-electron chi connectivity index (χ2n) is 2.21. The molecular formula is C9H11O. The Morgan fingerprint density at radius 3 is 2.60 bits per heavy atom. The highest BCUT2D eigenvalue weighted by molar-refractivity contribution is 5.29. The van der Waals surface area contributed by atoms with Gasteiger partial charge in [-0.1, -0.05) is 24.3 Å². The molecule has 0 saturated carbocycles. The van der Waals surface area contributed by atoms with Crippen molar-refractivity contribution in [3.8, 4) is 0 Å². The zero-order chi connectivity index (χ0) is 7.40. The average Bonchev–Trinajstić information content (AvgIpc) is 1.94. The Labute approximate surface area is 61.6 Å². The van der Waals surface area contributed by atoms with Gasteiger partial charge < -0.3 is 4.74 Å². The molecule has 0 bridgehead atoms. The van der Waals surface area contributed by atoms with E-state index < -0.39 is 0 Å². The van der Waals surface area contributed by atoms with E-state index in [9.17, 15) is 0 Å². The summed E-state index contributed by atoms with van der Waals surface area (Å²) < 4.78 is 4.88. The van der Waals surface area contributed by atoms with Gasteiger partial charge in [0.1, 0.15) is 6.61 Å². The first-order chi connectivity index (χ1) is 4.84. The van der Waals surface area contributed by atoms with Crippen LogP contribution in [0.4, 0.5) is 0 Å². The summed E-state index contributed by atoms with van der Waals surface area (Å²) in [6.07, 6.45) is 0. The number of aryl methyl sites for hydroxylation is 1. The van der Waals surface area contributed by atoms with E-state index in [1.54, 1.807) is 13.7 Å². The molecule has 0 aromatic heterocycles. The fraction of sp³-hybridized carbons (Fsp3) is 0.222. The lowest BCUT2D eigenvalue weighted by atomic mass is 10.1. The van der Waals surface area contributed by atoms with Crippen LogP contribution in [0.3, 0.4) is 0 Å². The van der Waals surface area contributed by atoms with Gasteiger partial charge in [-0.15, -0.1) is 0 Å². The zero-order valence-corrected chi connectivity index (χ0v) is 6.29. The van der Waals surface area contributed by atoms with Crippen LogP contribution in [0.15, 0.2) is 24.3 Å². The van der Waals surface area contributed by atoms with Gasteiger partial charge in [0, 0.05) is 7.11 Å². The minimum atomic E-state index is 1.14. The molecule has 1 radical (unpaired) electrons. The minimum Gasteiger partial charge on any atom is -0.374 e. The Balaban J connectivity index is 2.81. The molecule has 0 aliphatic heterocycles. The van der Waals surface area contributed by atoms with Crippen LogP contribution in [-0.2, 0) is 4.74 Å². The lowest BCUT2D eigenvalue weighted by Crippen LogP contribution is -1.86. The molecule has 0 heterocycles. The Morgan fingerprint density at radius 2 is 2.00 bits per heavy atom. The van der Waals surface area contributed by atoms with Gasteiger partial charge >= 0.3 is 0 Å². The summed E-state index contributed by atoms with van der Waals surface area (Å²) >= 11 is 0. The van der Waals surface area contributed by atoms with Gasteiger partial charge in [-0.25, -0.2) is 0 Å². The Bertz CT molecular complexity index is 206. The molecule has 0 amide bonds. The maximum atomic E-state index is 4.88. The number of hydrogen-bond acceptors (Lipinski definition) is 1. The summed E-state index contributed by atoms with van der Waals surface area (Å²) in [4.78, 5) is 0. The van der Waals surface area contributed by atoms with Crippen molar-refractivity contribution in [2.45, 2.75) is 6.92 Å². The van der Waals surface area contributed by atoms with Crippen LogP contribution in [0.1, 0.15) is 11.1 Å². The first-order valence-corrected chi connectivity index (χ1v) is 3.26. The molecule has 1 nitrogen and oxygen atoms in total. The van der Waals surface area contributed by atoms with Crippen molar-refractivity contribution in [3.05, 3.63) is 42.0 Å². The van der Waals surface area contributed by atoms with E-state index in [1.807, 2.05) is 18.2 Å². The molecule has 1 heteroatoms. The van der Waals surface area contributed by atoms with Crippen molar-refractivity contribution in [1.82, 2.24) is 0 Å². The molecule has 0 aliphatic rings. The molecule has 0 saturated heterocycles. The summed E-state index contributed by atoms with van der Waals surface area (Å²) in [6.45, 7) is 3.81. The topological polar surface area (TPSA) is 9.23 Å². The number of rotatable bonds is 2. The SMILES string of the molecule is CO[CH]c1ccccc1C. The first kappa shape index (κ1) is 7.29. The molecule has 0 unspecified atom stereocenters. The second kappa shape index (κ2) is 3.37. The molecule has 0 fully saturated rings. The van der Waals surface area contributed by atoms with Crippen molar-refractivity contribution in [2.75, 3.05) is 7.11 Å². The van der Waals surface area contributed by atoms with E-state index in [4.69, 9.17) is 4.74 Å². The highest BCUT2D eigenvalue weighted by Gasteiger charge is 1.93. The van der Waals surface area contributed by atoms with Crippen LogP contribution < -0.4 is 0 Å². The molecule has 1 rings (SSSR count). The monoisotopic (exact) mass is 135 g/mol. The van der Waals surface area contributed by atoms with Crippen LogP contribution in [0.25, 0.3) is 0 Å². The molecule has 1 aromatic carbocycles. The highest BCUT2D eigenvalue weighted by atomic mass is 16.5. The fourth-order valence-electron chi connectivity index (χ4n) is 0.846. The molecule has 1 aromatic rings. The number of ether oxygens (including phenoxy) is 1. The standard InChI is InChI=1S/C9H11O/c1-8-5-3-4-6-9(8)7-10-2/h3-7H,1-2H3. The van der Waals surface area contributed by atoms with E-state index in [-0.39, 0.29) is 0 Å². The van der Waals surface area contributed by atoms with E-state index >= 15 is 0 Å². The summed E-state index contributed by atoms with van der Waals surface area (Å²) in [7, 11) is 1.66. The zero-order valence-electron chi connectivity index (χ0n) is 6.29. The third-order valence-corrected chi connectivity index (χ3v) is 1.43. The Hall–Kier alpha value is -0.820. The van der Waals surface area contributed by atoms with Gasteiger partial charge in [0.2, 0.25) is 0 Å². The molecule has 0 spiro atoms. The van der Waals surface area contributed by atoms with Gasteiger partial charge in [-0.3, -0.25) is 0 Å². The molecule has 10 heavy (non-hydrogen) atoms.